The first-order valence-corrected chi connectivity index (χ1v) is 5.45. The lowest BCUT2D eigenvalue weighted by Crippen LogP contribution is -2.44. The van der Waals surface area contributed by atoms with E-state index in [9.17, 15) is 4.79 Å². The highest BCUT2D eigenvalue weighted by atomic mass is 79.9. The molecule has 13 heavy (non-hydrogen) atoms. The van der Waals surface area contributed by atoms with Crippen LogP contribution in [0.15, 0.2) is 0 Å². The molecule has 2 N–H and O–H groups in total. The van der Waals surface area contributed by atoms with Crippen molar-refractivity contribution < 1.29 is 15.0 Å². The van der Waals surface area contributed by atoms with E-state index in [-0.39, 0.29) is 36.5 Å². The minimum atomic E-state index is -0.109. The van der Waals surface area contributed by atoms with Gasteiger partial charge in [-0.3, -0.25) is 4.79 Å². The van der Waals surface area contributed by atoms with Gasteiger partial charge in [0.1, 0.15) is 0 Å². The highest BCUT2D eigenvalue weighted by Crippen LogP contribution is 2.23. The summed E-state index contributed by atoms with van der Waals surface area (Å²) >= 11 is 3.08. The molecule has 0 aromatic carbocycles. The Hall–Kier alpha value is -0.130. The number of carbonyl (C=O) groups excluding carboxylic acids is 1. The third-order valence-corrected chi connectivity index (χ3v) is 2.92. The van der Waals surface area contributed by atoms with Crippen LogP contribution in [0.25, 0.3) is 0 Å². The van der Waals surface area contributed by atoms with Gasteiger partial charge in [0.15, 0.2) is 0 Å². The molecule has 1 fully saturated rings. The second-order valence-corrected chi connectivity index (χ2v) is 3.75. The SMILES string of the molecule is O=C(CBr)N1C(CO)CCC1CO. The number of nitrogens with zero attached hydrogens (tertiary/aromatic N) is 1. The molecular weight excluding hydrogens is 238 g/mol. The number of aliphatic hydroxyl groups is 2. The van der Waals surface area contributed by atoms with Crippen molar-refractivity contribution >= 4 is 21.8 Å². The lowest BCUT2D eigenvalue weighted by atomic mass is 10.2. The predicted molar refractivity (Wildman–Crippen MR) is 51.6 cm³/mol. The van der Waals surface area contributed by atoms with Gasteiger partial charge in [0, 0.05) is 0 Å². The van der Waals surface area contributed by atoms with Gasteiger partial charge in [-0.1, -0.05) is 15.9 Å². The maximum Gasteiger partial charge on any atom is 0.233 e. The van der Waals surface area contributed by atoms with Gasteiger partial charge in [0.05, 0.1) is 30.6 Å². The molecule has 0 aromatic heterocycles. The molecule has 1 rings (SSSR count). The van der Waals surface area contributed by atoms with E-state index in [0.717, 1.165) is 12.8 Å². The van der Waals surface area contributed by atoms with Gasteiger partial charge >= 0.3 is 0 Å². The Morgan fingerprint density at radius 2 is 1.77 bits per heavy atom. The Morgan fingerprint density at radius 1 is 1.31 bits per heavy atom. The standard InChI is InChI=1S/C8H14BrNO3/c9-3-8(13)10-6(4-11)1-2-7(10)5-12/h6-7,11-12H,1-5H2. The fourth-order valence-electron chi connectivity index (χ4n) is 1.80. The molecule has 1 aliphatic heterocycles. The number of rotatable bonds is 3. The molecule has 0 aromatic rings. The van der Waals surface area contributed by atoms with Crippen molar-refractivity contribution in [1.29, 1.82) is 0 Å². The first kappa shape index (κ1) is 10.9. The lowest BCUT2D eigenvalue weighted by Gasteiger charge is -2.27. The van der Waals surface area contributed by atoms with Crippen molar-refractivity contribution in [2.45, 2.75) is 24.9 Å². The largest absolute Gasteiger partial charge is 0.394 e. The summed E-state index contributed by atoms with van der Waals surface area (Å²) < 4.78 is 0. The van der Waals surface area contributed by atoms with Gasteiger partial charge in [0.25, 0.3) is 0 Å². The second kappa shape index (κ2) is 4.93. The molecule has 0 radical (unpaired) electrons. The molecule has 1 amide bonds. The quantitative estimate of drug-likeness (QED) is 0.679. The molecule has 0 bridgehead atoms. The van der Waals surface area contributed by atoms with Crippen LogP contribution >= 0.6 is 15.9 Å². The maximum absolute atomic E-state index is 11.4. The van der Waals surface area contributed by atoms with Gasteiger partial charge < -0.3 is 15.1 Å². The van der Waals surface area contributed by atoms with Gasteiger partial charge in [-0.2, -0.15) is 0 Å². The minimum absolute atomic E-state index is 0.0186. The molecular formula is C8H14BrNO3. The van der Waals surface area contributed by atoms with E-state index in [1.807, 2.05) is 0 Å². The van der Waals surface area contributed by atoms with E-state index < -0.39 is 0 Å². The first-order chi connectivity index (χ1) is 6.24. The Balaban J connectivity index is 2.67. The van der Waals surface area contributed by atoms with Crippen LogP contribution in [0.3, 0.4) is 0 Å². The zero-order valence-corrected chi connectivity index (χ0v) is 8.90. The Bertz CT molecular complexity index is 176. The molecule has 5 heteroatoms. The van der Waals surface area contributed by atoms with Crippen molar-refractivity contribution in [3.8, 4) is 0 Å². The molecule has 0 saturated carbocycles. The van der Waals surface area contributed by atoms with Crippen LogP contribution in [-0.4, -0.2) is 51.6 Å². The summed E-state index contributed by atoms with van der Waals surface area (Å²) in [7, 11) is 0. The number of carbonyl (C=O) groups is 1. The van der Waals surface area contributed by atoms with Gasteiger partial charge in [0.2, 0.25) is 5.91 Å². The molecule has 4 nitrogen and oxygen atoms in total. The number of likely N-dealkylation sites (tertiary alicyclic amines) is 1. The molecule has 0 aliphatic carbocycles. The summed E-state index contributed by atoms with van der Waals surface area (Å²) in [6, 6.07) is -0.218. The number of amides is 1. The molecule has 1 aliphatic rings. The predicted octanol–water partition coefficient (Wildman–Crippen LogP) is -0.275. The van der Waals surface area contributed by atoms with Crippen molar-refractivity contribution in [2.75, 3.05) is 18.5 Å². The van der Waals surface area contributed by atoms with E-state index in [1.54, 1.807) is 4.90 Å². The summed E-state index contributed by atoms with van der Waals surface area (Å²) in [6.45, 7) is -0.0372. The average molecular weight is 252 g/mol. The highest BCUT2D eigenvalue weighted by Gasteiger charge is 2.35. The van der Waals surface area contributed by atoms with Gasteiger partial charge in [-0.05, 0) is 12.8 Å². The number of halogens is 1. The first-order valence-electron chi connectivity index (χ1n) is 4.33. The number of alkyl halides is 1. The topological polar surface area (TPSA) is 60.8 Å². The van der Waals surface area contributed by atoms with Crippen LogP contribution in [0.5, 0.6) is 0 Å². The van der Waals surface area contributed by atoms with Gasteiger partial charge in [-0.15, -0.1) is 0 Å². The molecule has 1 saturated heterocycles. The van der Waals surface area contributed by atoms with Crippen LogP contribution in [0.4, 0.5) is 0 Å². The number of hydrogen-bond donors (Lipinski definition) is 2. The van der Waals surface area contributed by atoms with Gasteiger partial charge in [-0.25, -0.2) is 0 Å². The van der Waals surface area contributed by atoms with E-state index in [1.165, 1.54) is 0 Å². The molecule has 2 atom stereocenters. The molecule has 1 heterocycles. The fourth-order valence-corrected chi connectivity index (χ4v) is 2.09. The monoisotopic (exact) mass is 251 g/mol. The Morgan fingerprint density at radius 3 is 2.08 bits per heavy atom. The van der Waals surface area contributed by atoms with Crippen molar-refractivity contribution in [3.63, 3.8) is 0 Å². The normalized spacial score (nSPS) is 28.1. The summed E-state index contributed by atoms with van der Waals surface area (Å²) in [4.78, 5) is 13.0. The molecule has 2 unspecified atom stereocenters. The lowest BCUT2D eigenvalue weighted by molar-refractivity contribution is -0.132. The molecule has 0 spiro atoms. The van der Waals surface area contributed by atoms with E-state index in [2.05, 4.69) is 15.9 Å². The maximum atomic E-state index is 11.4. The highest BCUT2D eigenvalue weighted by molar-refractivity contribution is 9.09. The van der Waals surface area contributed by atoms with Crippen LogP contribution in [0.2, 0.25) is 0 Å². The van der Waals surface area contributed by atoms with E-state index in [0.29, 0.717) is 0 Å². The van der Waals surface area contributed by atoms with Crippen molar-refractivity contribution in [3.05, 3.63) is 0 Å². The zero-order chi connectivity index (χ0) is 9.84. The fraction of sp³-hybridized carbons (Fsp3) is 0.875. The Labute approximate surface area is 85.7 Å². The average Bonchev–Trinajstić information content (AvgIpc) is 2.59. The number of hydrogen-bond acceptors (Lipinski definition) is 3. The summed E-state index contributed by atoms with van der Waals surface area (Å²) in [5.41, 5.74) is 0. The number of aliphatic hydroxyl groups excluding tert-OH is 2. The van der Waals surface area contributed by atoms with Crippen molar-refractivity contribution in [2.24, 2.45) is 0 Å². The van der Waals surface area contributed by atoms with Crippen LogP contribution in [0.1, 0.15) is 12.8 Å². The van der Waals surface area contributed by atoms with E-state index in [4.69, 9.17) is 10.2 Å². The third-order valence-electron chi connectivity index (χ3n) is 2.44. The third kappa shape index (κ3) is 2.21. The van der Waals surface area contributed by atoms with Crippen LogP contribution < -0.4 is 0 Å². The minimum Gasteiger partial charge on any atom is -0.394 e. The summed E-state index contributed by atoms with van der Waals surface area (Å²) in [5, 5.41) is 18.3. The second-order valence-electron chi connectivity index (χ2n) is 3.18. The summed E-state index contributed by atoms with van der Waals surface area (Å²) in [5.74, 6) is -0.0596. The zero-order valence-electron chi connectivity index (χ0n) is 7.32. The van der Waals surface area contributed by atoms with Crippen molar-refractivity contribution in [1.82, 2.24) is 4.90 Å². The smallest absolute Gasteiger partial charge is 0.233 e. The summed E-state index contributed by atoms with van der Waals surface area (Å²) in [6.07, 6.45) is 1.56. The Kier molecular flexibility index (Phi) is 4.15. The van der Waals surface area contributed by atoms with Crippen LogP contribution in [0, 0.1) is 0 Å². The molecule has 76 valence electrons. The van der Waals surface area contributed by atoms with E-state index >= 15 is 0 Å². The van der Waals surface area contributed by atoms with Crippen LogP contribution in [-0.2, 0) is 4.79 Å².